The molecule has 1 heterocycles. The van der Waals surface area contributed by atoms with Crippen LogP contribution in [0.25, 0.3) is 0 Å². The van der Waals surface area contributed by atoms with Crippen LogP contribution in [0.2, 0.25) is 0 Å². The topological polar surface area (TPSA) is 87.7 Å². The lowest BCUT2D eigenvalue weighted by Crippen LogP contribution is -2.42. The Labute approximate surface area is 185 Å². The zero-order chi connectivity index (χ0) is 23.2. The van der Waals surface area contributed by atoms with Gasteiger partial charge in [-0.2, -0.15) is 0 Å². The molecular formula is C24H37N3O4. The fraction of sp³-hybridized carbons (Fsp3) is 0.625. The van der Waals surface area contributed by atoms with E-state index in [-0.39, 0.29) is 29.4 Å². The molecule has 0 aromatic heterocycles. The highest BCUT2D eigenvalue weighted by Crippen LogP contribution is 2.23. The van der Waals surface area contributed by atoms with Gasteiger partial charge in [-0.25, -0.2) is 4.79 Å². The van der Waals surface area contributed by atoms with Gasteiger partial charge in [0, 0.05) is 36.3 Å². The number of hydrogen-bond donors (Lipinski definition) is 2. The number of hydrogen-bond acceptors (Lipinski definition) is 4. The summed E-state index contributed by atoms with van der Waals surface area (Å²) in [6.45, 7) is 12.8. The van der Waals surface area contributed by atoms with Crippen LogP contribution < -0.4 is 10.6 Å². The van der Waals surface area contributed by atoms with Crippen LogP contribution in [0.4, 0.5) is 10.5 Å². The summed E-state index contributed by atoms with van der Waals surface area (Å²) in [5, 5.41) is 5.90. The number of benzene rings is 1. The molecule has 3 amide bonds. The first kappa shape index (κ1) is 24.7. The van der Waals surface area contributed by atoms with E-state index in [0.29, 0.717) is 30.8 Å². The second kappa shape index (κ2) is 10.2. The molecule has 1 aliphatic rings. The van der Waals surface area contributed by atoms with E-state index in [9.17, 15) is 14.4 Å². The molecular weight excluding hydrogens is 394 g/mol. The van der Waals surface area contributed by atoms with Crippen LogP contribution in [0.15, 0.2) is 24.3 Å². The van der Waals surface area contributed by atoms with Gasteiger partial charge >= 0.3 is 6.09 Å². The van der Waals surface area contributed by atoms with Crippen molar-refractivity contribution in [1.29, 1.82) is 0 Å². The van der Waals surface area contributed by atoms with Crippen molar-refractivity contribution < 1.29 is 19.1 Å². The van der Waals surface area contributed by atoms with E-state index in [1.54, 1.807) is 29.2 Å². The molecule has 1 aromatic carbocycles. The Hall–Kier alpha value is -2.57. The normalized spacial score (nSPS) is 15.4. The summed E-state index contributed by atoms with van der Waals surface area (Å²) in [4.78, 5) is 38.6. The number of amides is 3. The number of piperidine rings is 1. The van der Waals surface area contributed by atoms with Crippen LogP contribution >= 0.6 is 0 Å². The first-order valence-electron chi connectivity index (χ1n) is 11.1. The summed E-state index contributed by atoms with van der Waals surface area (Å²) < 4.78 is 5.41. The molecule has 31 heavy (non-hydrogen) atoms. The molecule has 0 bridgehead atoms. The molecule has 7 heteroatoms. The van der Waals surface area contributed by atoms with E-state index >= 15 is 0 Å². The number of likely N-dealkylation sites (tertiary alicyclic amines) is 1. The van der Waals surface area contributed by atoms with Gasteiger partial charge < -0.3 is 20.3 Å². The Balaban J connectivity index is 1.79. The van der Waals surface area contributed by atoms with E-state index in [4.69, 9.17) is 4.74 Å². The lowest BCUT2D eigenvalue weighted by Gasteiger charge is -2.33. The molecule has 0 saturated carbocycles. The van der Waals surface area contributed by atoms with Crippen molar-refractivity contribution in [3.63, 3.8) is 0 Å². The zero-order valence-electron chi connectivity index (χ0n) is 19.7. The van der Waals surface area contributed by atoms with Crippen LogP contribution in [0.1, 0.15) is 77.6 Å². The monoisotopic (exact) mass is 431 g/mol. The Kier molecular flexibility index (Phi) is 8.09. The molecule has 0 atom stereocenters. The van der Waals surface area contributed by atoms with Crippen molar-refractivity contribution in [2.75, 3.05) is 18.4 Å². The number of rotatable bonds is 6. The summed E-state index contributed by atoms with van der Waals surface area (Å²) in [6, 6.07) is 6.93. The number of anilines is 1. The minimum Gasteiger partial charge on any atom is -0.444 e. The highest BCUT2D eigenvalue weighted by atomic mass is 16.6. The molecule has 0 spiro atoms. The Bertz CT molecular complexity index is 773. The zero-order valence-corrected chi connectivity index (χ0v) is 19.7. The number of nitrogens with zero attached hydrogens (tertiary/aromatic N) is 1. The SMILES string of the molecule is CCC(C)(C)NC(=O)c1ccc(NC(=O)CC2CCN(C(=O)OC(C)(C)C)CC2)cc1. The molecule has 1 aromatic rings. The molecule has 0 aliphatic carbocycles. The number of carbonyl (C=O) groups excluding carboxylic acids is 3. The van der Waals surface area contributed by atoms with Gasteiger partial charge in [-0.1, -0.05) is 6.92 Å². The van der Waals surface area contributed by atoms with E-state index in [2.05, 4.69) is 10.6 Å². The van der Waals surface area contributed by atoms with Crippen LogP contribution in [0.3, 0.4) is 0 Å². The first-order chi connectivity index (χ1) is 14.4. The molecule has 1 saturated heterocycles. The average molecular weight is 432 g/mol. The molecule has 7 nitrogen and oxygen atoms in total. The van der Waals surface area contributed by atoms with Crippen molar-refractivity contribution in [3.05, 3.63) is 29.8 Å². The summed E-state index contributed by atoms with van der Waals surface area (Å²) in [5.41, 5.74) is 0.468. The number of carbonyl (C=O) groups is 3. The molecule has 0 radical (unpaired) electrons. The Morgan fingerprint density at radius 3 is 2.13 bits per heavy atom. The maximum Gasteiger partial charge on any atom is 0.410 e. The third kappa shape index (κ3) is 8.23. The second-order valence-electron chi connectivity index (χ2n) is 9.93. The smallest absolute Gasteiger partial charge is 0.410 e. The highest BCUT2D eigenvalue weighted by Gasteiger charge is 2.27. The molecule has 1 aliphatic heterocycles. The van der Waals surface area contributed by atoms with Gasteiger partial charge in [0.25, 0.3) is 5.91 Å². The second-order valence-corrected chi connectivity index (χ2v) is 9.93. The van der Waals surface area contributed by atoms with Gasteiger partial charge in [0.15, 0.2) is 0 Å². The summed E-state index contributed by atoms with van der Waals surface area (Å²) >= 11 is 0. The van der Waals surface area contributed by atoms with Gasteiger partial charge in [0.1, 0.15) is 5.60 Å². The molecule has 2 rings (SSSR count). The summed E-state index contributed by atoms with van der Waals surface area (Å²) in [6.07, 6.45) is 2.51. The molecule has 1 fully saturated rings. The fourth-order valence-corrected chi connectivity index (χ4v) is 3.29. The van der Waals surface area contributed by atoms with Crippen molar-refractivity contribution >= 4 is 23.6 Å². The third-order valence-electron chi connectivity index (χ3n) is 5.51. The quantitative estimate of drug-likeness (QED) is 0.690. The van der Waals surface area contributed by atoms with Gasteiger partial charge in [0.2, 0.25) is 5.91 Å². The fourth-order valence-electron chi connectivity index (χ4n) is 3.29. The van der Waals surface area contributed by atoms with E-state index in [1.165, 1.54) is 0 Å². The number of nitrogens with one attached hydrogen (secondary N) is 2. The Morgan fingerprint density at radius 2 is 1.61 bits per heavy atom. The average Bonchev–Trinajstić information content (AvgIpc) is 2.67. The van der Waals surface area contributed by atoms with Gasteiger partial charge in [-0.05, 0) is 84.1 Å². The minimum atomic E-state index is -0.504. The molecule has 0 unspecified atom stereocenters. The van der Waals surface area contributed by atoms with Crippen LogP contribution in [0.5, 0.6) is 0 Å². The van der Waals surface area contributed by atoms with Gasteiger partial charge in [-0.15, -0.1) is 0 Å². The van der Waals surface area contributed by atoms with Crippen molar-refractivity contribution in [1.82, 2.24) is 10.2 Å². The number of ether oxygens (including phenoxy) is 1. The lowest BCUT2D eigenvalue weighted by molar-refractivity contribution is -0.117. The van der Waals surface area contributed by atoms with Gasteiger partial charge in [0.05, 0.1) is 0 Å². The Morgan fingerprint density at radius 1 is 1.03 bits per heavy atom. The van der Waals surface area contributed by atoms with Crippen molar-refractivity contribution in [2.24, 2.45) is 5.92 Å². The first-order valence-corrected chi connectivity index (χ1v) is 11.1. The molecule has 2 N–H and O–H groups in total. The van der Waals surface area contributed by atoms with Crippen molar-refractivity contribution in [2.45, 2.75) is 78.4 Å². The van der Waals surface area contributed by atoms with Gasteiger partial charge in [-0.3, -0.25) is 9.59 Å². The van der Waals surface area contributed by atoms with Crippen LogP contribution in [0, 0.1) is 5.92 Å². The summed E-state index contributed by atoms with van der Waals surface area (Å²) in [7, 11) is 0. The molecule has 172 valence electrons. The largest absolute Gasteiger partial charge is 0.444 e. The van der Waals surface area contributed by atoms with Crippen molar-refractivity contribution in [3.8, 4) is 0 Å². The van der Waals surface area contributed by atoms with E-state index in [0.717, 1.165) is 19.3 Å². The lowest BCUT2D eigenvalue weighted by atomic mass is 9.93. The predicted molar refractivity (Wildman–Crippen MR) is 122 cm³/mol. The van der Waals surface area contributed by atoms with Crippen LogP contribution in [-0.2, 0) is 9.53 Å². The third-order valence-corrected chi connectivity index (χ3v) is 5.51. The summed E-state index contributed by atoms with van der Waals surface area (Å²) in [5.74, 6) is 0.0570. The predicted octanol–water partition coefficient (Wildman–Crippen LogP) is 4.58. The van der Waals surface area contributed by atoms with E-state index < -0.39 is 5.60 Å². The maximum absolute atomic E-state index is 12.4. The minimum absolute atomic E-state index is 0.0555. The van der Waals surface area contributed by atoms with E-state index in [1.807, 2.05) is 41.5 Å². The maximum atomic E-state index is 12.4. The highest BCUT2D eigenvalue weighted by molar-refractivity contribution is 5.96. The van der Waals surface area contributed by atoms with Crippen LogP contribution in [-0.4, -0.2) is 47.0 Å². The standard InChI is InChI=1S/C24H37N3O4/c1-7-24(5,6)26-21(29)18-8-10-19(11-9-18)25-20(28)16-17-12-14-27(15-13-17)22(30)31-23(2,3)4/h8-11,17H,7,12-16H2,1-6H3,(H,25,28)(H,26,29).